The van der Waals surface area contributed by atoms with Crippen molar-refractivity contribution in [3.63, 3.8) is 0 Å². The van der Waals surface area contributed by atoms with E-state index in [1.807, 2.05) is 0 Å². The molecule has 0 aromatic heterocycles. The summed E-state index contributed by atoms with van der Waals surface area (Å²) >= 11 is 0. The Morgan fingerprint density at radius 2 is 2.06 bits per heavy atom. The first-order valence-corrected chi connectivity index (χ1v) is 5.27. The Labute approximate surface area is 92.4 Å². The van der Waals surface area contributed by atoms with Crippen LogP contribution in [0.15, 0.2) is 18.2 Å². The van der Waals surface area contributed by atoms with Crippen molar-refractivity contribution in [2.24, 2.45) is 5.73 Å². The van der Waals surface area contributed by atoms with Crippen molar-refractivity contribution in [1.29, 1.82) is 0 Å². The van der Waals surface area contributed by atoms with Crippen LogP contribution in [0.2, 0.25) is 0 Å². The number of carbonyl (C=O) groups excluding carboxylic acids is 1. The summed E-state index contributed by atoms with van der Waals surface area (Å²) in [6.45, 7) is 0. The molecule has 2 nitrogen and oxygen atoms in total. The first-order valence-electron chi connectivity index (χ1n) is 5.27. The van der Waals surface area contributed by atoms with E-state index in [4.69, 9.17) is 5.73 Å². The van der Waals surface area contributed by atoms with Crippen LogP contribution >= 0.6 is 0 Å². The van der Waals surface area contributed by atoms with E-state index in [-0.39, 0.29) is 17.8 Å². The van der Waals surface area contributed by atoms with E-state index in [2.05, 4.69) is 0 Å². The fourth-order valence-corrected chi connectivity index (χ4v) is 1.94. The largest absolute Gasteiger partial charge is 0.325 e. The molecule has 0 saturated heterocycles. The van der Waals surface area contributed by atoms with Crippen molar-refractivity contribution in [1.82, 2.24) is 0 Å². The van der Waals surface area contributed by atoms with Gasteiger partial charge in [-0.25, -0.2) is 8.78 Å². The highest BCUT2D eigenvalue weighted by molar-refractivity contribution is 5.97. The first kappa shape index (κ1) is 11.2. The standard InChI is InChI=1S/C12H13F2NO/c13-8-2-3-9(10(14)6-8)11(16)7-12(15)4-1-5-12/h2-3,6H,1,4-5,7,15H2. The highest BCUT2D eigenvalue weighted by Gasteiger charge is 2.35. The average Bonchev–Trinajstić information content (AvgIpc) is 2.14. The normalized spacial score (nSPS) is 17.9. The van der Waals surface area contributed by atoms with Gasteiger partial charge in [0, 0.05) is 18.0 Å². The number of nitrogens with two attached hydrogens (primary N) is 1. The number of hydrogen-bond acceptors (Lipinski definition) is 2. The number of hydrogen-bond donors (Lipinski definition) is 1. The maximum Gasteiger partial charge on any atom is 0.167 e. The SMILES string of the molecule is NC1(CC(=O)c2ccc(F)cc2F)CCC1. The van der Waals surface area contributed by atoms with Gasteiger partial charge in [-0.2, -0.15) is 0 Å². The minimum absolute atomic E-state index is 0.0712. The smallest absolute Gasteiger partial charge is 0.167 e. The van der Waals surface area contributed by atoms with Gasteiger partial charge >= 0.3 is 0 Å². The van der Waals surface area contributed by atoms with E-state index in [1.165, 1.54) is 6.07 Å². The van der Waals surface area contributed by atoms with Gasteiger partial charge < -0.3 is 5.73 Å². The van der Waals surface area contributed by atoms with Gasteiger partial charge in [-0.1, -0.05) is 0 Å². The number of rotatable bonds is 3. The fraction of sp³-hybridized carbons (Fsp3) is 0.417. The maximum absolute atomic E-state index is 13.3. The lowest BCUT2D eigenvalue weighted by Gasteiger charge is -2.37. The summed E-state index contributed by atoms with van der Waals surface area (Å²) in [6, 6.07) is 2.98. The summed E-state index contributed by atoms with van der Waals surface area (Å²) in [5, 5.41) is 0. The summed E-state index contributed by atoms with van der Waals surface area (Å²) < 4.78 is 25.9. The molecule has 1 aromatic carbocycles. The van der Waals surface area contributed by atoms with Gasteiger partial charge in [-0.15, -0.1) is 0 Å². The van der Waals surface area contributed by atoms with E-state index in [0.717, 1.165) is 31.4 Å². The number of ketones is 1. The van der Waals surface area contributed by atoms with Gasteiger partial charge in [0.15, 0.2) is 5.78 Å². The highest BCUT2D eigenvalue weighted by Crippen LogP contribution is 2.33. The summed E-state index contributed by atoms with van der Waals surface area (Å²) in [5.74, 6) is -1.84. The molecule has 0 amide bonds. The minimum atomic E-state index is -0.812. The van der Waals surface area contributed by atoms with E-state index >= 15 is 0 Å². The molecule has 16 heavy (non-hydrogen) atoms. The molecule has 0 unspecified atom stereocenters. The van der Waals surface area contributed by atoms with Crippen molar-refractivity contribution in [2.45, 2.75) is 31.2 Å². The molecule has 0 heterocycles. The molecule has 1 aliphatic rings. The monoisotopic (exact) mass is 225 g/mol. The van der Waals surface area contributed by atoms with Crippen LogP contribution in [-0.4, -0.2) is 11.3 Å². The van der Waals surface area contributed by atoms with E-state index in [0.29, 0.717) is 0 Å². The lowest BCUT2D eigenvalue weighted by atomic mass is 9.74. The van der Waals surface area contributed by atoms with Crippen LogP contribution in [0.5, 0.6) is 0 Å². The molecule has 0 spiro atoms. The second-order valence-corrected chi connectivity index (χ2v) is 4.44. The van der Waals surface area contributed by atoms with Crippen molar-refractivity contribution < 1.29 is 13.6 Å². The number of halogens is 2. The molecule has 2 N–H and O–H groups in total. The van der Waals surface area contributed by atoms with E-state index < -0.39 is 17.2 Å². The summed E-state index contributed by atoms with van der Waals surface area (Å²) in [7, 11) is 0. The Bertz CT molecular complexity index is 427. The van der Waals surface area contributed by atoms with Crippen LogP contribution in [0.4, 0.5) is 8.78 Å². The third-order valence-electron chi connectivity index (χ3n) is 3.09. The molecule has 0 bridgehead atoms. The third kappa shape index (κ3) is 2.11. The van der Waals surface area contributed by atoms with Crippen LogP contribution in [-0.2, 0) is 0 Å². The second kappa shape index (κ2) is 3.94. The van der Waals surface area contributed by atoms with Gasteiger partial charge in [0.1, 0.15) is 11.6 Å². The molecule has 1 aromatic rings. The predicted octanol–water partition coefficient (Wildman–Crippen LogP) is 2.42. The molecule has 4 heteroatoms. The second-order valence-electron chi connectivity index (χ2n) is 4.44. The van der Waals surface area contributed by atoms with Gasteiger partial charge in [-0.05, 0) is 31.4 Å². The summed E-state index contributed by atoms with van der Waals surface area (Å²) in [4.78, 5) is 11.7. The lowest BCUT2D eigenvalue weighted by molar-refractivity contribution is 0.0908. The van der Waals surface area contributed by atoms with E-state index in [9.17, 15) is 13.6 Å². The Balaban J connectivity index is 2.14. The van der Waals surface area contributed by atoms with Gasteiger partial charge in [0.25, 0.3) is 0 Å². The van der Waals surface area contributed by atoms with Crippen molar-refractivity contribution in [3.8, 4) is 0 Å². The molecule has 0 radical (unpaired) electrons. The molecular formula is C12H13F2NO. The maximum atomic E-state index is 13.3. The molecule has 0 atom stereocenters. The zero-order valence-corrected chi connectivity index (χ0v) is 8.80. The van der Waals surface area contributed by atoms with Crippen LogP contribution in [0.25, 0.3) is 0 Å². The Hall–Kier alpha value is -1.29. The molecule has 86 valence electrons. The first-order chi connectivity index (χ1) is 7.50. The Kier molecular flexibility index (Phi) is 2.76. The van der Waals surface area contributed by atoms with Crippen LogP contribution < -0.4 is 5.73 Å². The summed E-state index contributed by atoms with van der Waals surface area (Å²) in [6.07, 6.45) is 2.73. The Morgan fingerprint density at radius 1 is 1.38 bits per heavy atom. The van der Waals surface area contributed by atoms with Gasteiger partial charge in [0.05, 0.1) is 5.56 Å². The average molecular weight is 225 g/mol. The fourth-order valence-electron chi connectivity index (χ4n) is 1.94. The zero-order valence-electron chi connectivity index (χ0n) is 8.80. The van der Waals surface area contributed by atoms with Crippen LogP contribution in [0.3, 0.4) is 0 Å². The van der Waals surface area contributed by atoms with Gasteiger partial charge in [-0.3, -0.25) is 4.79 Å². The number of benzene rings is 1. The quantitative estimate of drug-likeness (QED) is 0.803. The summed E-state index contributed by atoms with van der Waals surface area (Å²) in [5.41, 5.74) is 5.36. The highest BCUT2D eigenvalue weighted by atomic mass is 19.1. The Morgan fingerprint density at radius 3 is 2.56 bits per heavy atom. The molecule has 1 saturated carbocycles. The third-order valence-corrected chi connectivity index (χ3v) is 3.09. The number of carbonyl (C=O) groups is 1. The van der Waals surface area contributed by atoms with E-state index in [1.54, 1.807) is 0 Å². The van der Waals surface area contributed by atoms with Crippen LogP contribution in [0, 0.1) is 11.6 Å². The molecule has 1 aliphatic carbocycles. The molecule has 0 aliphatic heterocycles. The number of Topliss-reactive ketones (excluding diaryl/α,β-unsaturated/α-hetero) is 1. The molecule has 1 fully saturated rings. The van der Waals surface area contributed by atoms with Crippen molar-refractivity contribution >= 4 is 5.78 Å². The van der Waals surface area contributed by atoms with Crippen molar-refractivity contribution in [3.05, 3.63) is 35.4 Å². The van der Waals surface area contributed by atoms with Crippen molar-refractivity contribution in [2.75, 3.05) is 0 Å². The molecular weight excluding hydrogens is 212 g/mol. The van der Waals surface area contributed by atoms with Crippen LogP contribution in [0.1, 0.15) is 36.0 Å². The van der Waals surface area contributed by atoms with Gasteiger partial charge in [0.2, 0.25) is 0 Å². The minimum Gasteiger partial charge on any atom is -0.325 e. The topological polar surface area (TPSA) is 43.1 Å². The lowest BCUT2D eigenvalue weighted by Crippen LogP contribution is -2.48. The zero-order chi connectivity index (χ0) is 11.8. The predicted molar refractivity (Wildman–Crippen MR) is 56.1 cm³/mol. The molecule has 2 rings (SSSR count).